The Hall–Kier alpha value is -1.11. The van der Waals surface area contributed by atoms with Crippen LogP contribution in [0.5, 0.6) is 0 Å². The van der Waals surface area contributed by atoms with Crippen molar-refractivity contribution in [1.29, 1.82) is 0 Å². The predicted octanol–water partition coefficient (Wildman–Crippen LogP) is 0.218. The Morgan fingerprint density at radius 3 is 3.00 bits per heavy atom. The van der Waals surface area contributed by atoms with E-state index in [1.54, 1.807) is 11.7 Å². The highest BCUT2D eigenvalue weighted by molar-refractivity contribution is 7.99. The lowest BCUT2D eigenvalue weighted by Gasteiger charge is -2.02. The van der Waals surface area contributed by atoms with Crippen molar-refractivity contribution in [2.75, 3.05) is 12.3 Å². The molecule has 0 radical (unpaired) electrons. The predicted molar refractivity (Wildman–Crippen MR) is 57.4 cm³/mol. The molecule has 0 saturated carbocycles. The molecule has 7 heteroatoms. The standard InChI is InChI=1S/C8H15N5OS/c1-3-4-5-9-7(14)6-15-8-10-11-12-13(8)2/h3-6H2,1-2H3,(H,9,14). The Morgan fingerprint density at radius 1 is 1.60 bits per heavy atom. The van der Waals surface area contributed by atoms with E-state index >= 15 is 0 Å². The zero-order chi connectivity index (χ0) is 11.1. The normalized spacial score (nSPS) is 10.3. The lowest BCUT2D eigenvalue weighted by Crippen LogP contribution is -2.26. The topological polar surface area (TPSA) is 72.7 Å². The zero-order valence-corrected chi connectivity index (χ0v) is 9.75. The van der Waals surface area contributed by atoms with Gasteiger partial charge in [-0.3, -0.25) is 4.79 Å². The van der Waals surface area contributed by atoms with Gasteiger partial charge in [0.15, 0.2) is 0 Å². The number of hydrogen-bond donors (Lipinski definition) is 1. The summed E-state index contributed by atoms with van der Waals surface area (Å²) in [5.41, 5.74) is 0. The van der Waals surface area contributed by atoms with Gasteiger partial charge in [0.2, 0.25) is 11.1 Å². The van der Waals surface area contributed by atoms with Gasteiger partial charge in [-0.2, -0.15) is 0 Å². The summed E-state index contributed by atoms with van der Waals surface area (Å²) < 4.78 is 1.55. The van der Waals surface area contributed by atoms with Crippen LogP contribution >= 0.6 is 11.8 Å². The third kappa shape index (κ3) is 4.28. The molecule has 0 aliphatic carbocycles. The van der Waals surface area contributed by atoms with Gasteiger partial charge in [0.25, 0.3) is 0 Å². The third-order valence-corrected chi connectivity index (χ3v) is 2.78. The number of rotatable bonds is 6. The van der Waals surface area contributed by atoms with E-state index < -0.39 is 0 Å². The Bertz CT molecular complexity index is 314. The number of tetrazole rings is 1. The van der Waals surface area contributed by atoms with E-state index in [-0.39, 0.29) is 5.91 Å². The van der Waals surface area contributed by atoms with Crippen LogP contribution in [0.3, 0.4) is 0 Å². The number of aryl methyl sites for hydroxylation is 1. The SMILES string of the molecule is CCCCNC(=O)CSc1nnnn1C. The van der Waals surface area contributed by atoms with Gasteiger partial charge in [0.1, 0.15) is 0 Å². The van der Waals surface area contributed by atoms with Crippen molar-refractivity contribution in [3.05, 3.63) is 0 Å². The Labute approximate surface area is 92.8 Å². The maximum Gasteiger partial charge on any atom is 0.230 e. The number of aromatic nitrogens is 4. The molecule has 1 aromatic heterocycles. The second kappa shape index (κ2) is 6.39. The van der Waals surface area contributed by atoms with Gasteiger partial charge in [-0.15, -0.1) is 5.10 Å². The first-order valence-electron chi connectivity index (χ1n) is 4.86. The van der Waals surface area contributed by atoms with Gasteiger partial charge < -0.3 is 5.32 Å². The van der Waals surface area contributed by atoms with Crippen LogP contribution in [0.4, 0.5) is 0 Å². The summed E-state index contributed by atoms with van der Waals surface area (Å²) >= 11 is 1.33. The molecule has 0 bridgehead atoms. The largest absolute Gasteiger partial charge is 0.355 e. The van der Waals surface area contributed by atoms with E-state index in [2.05, 4.69) is 27.8 Å². The van der Waals surface area contributed by atoms with E-state index in [0.29, 0.717) is 10.9 Å². The minimum Gasteiger partial charge on any atom is -0.355 e. The van der Waals surface area contributed by atoms with Crippen molar-refractivity contribution in [3.8, 4) is 0 Å². The van der Waals surface area contributed by atoms with E-state index in [1.165, 1.54) is 11.8 Å². The minimum atomic E-state index is 0.0245. The molecular weight excluding hydrogens is 214 g/mol. The molecule has 0 unspecified atom stereocenters. The molecule has 6 nitrogen and oxygen atoms in total. The fourth-order valence-electron chi connectivity index (χ4n) is 0.929. The molecule has 1 rings (SSSR count). The number of nitrogens with one attached hydrogen (secondary N) is 1. The molecule has 0 fully saturated rings. The highest BCUT2D eigenvalue weighted by Gasteiger charge is 2.06. The summed E-state index contributed by atoms with van der Waals surface area (Å²) in [7, 11) is 1.75. The second-order valence-corrected chi connectivity index (χ2v) is 4.02. The van der Waals surface area contributed by atoms with Gasteiger partial charge in [-0.05, 0) is 16.8 Å². The molecule has 0 aromatic carbocycles. The lowest BCUT2D eigenvalue weighted by atomic mass is 10.3. The van der Waals surface area contributed by atoms with Crippen LogP contribution in [0.25, 0.3) is 0 Å². The number of carbonyl (C=O) groups is 1. The molecule has 0 atom stereocenters. The smallest absolute Gasteiger partial charge is 0.230 e. The van der Waals surface area contributed by atoms with Crippen molar-refractivity contribution in [3.63, 3.8) is 0 Å². The van der Waals surface area contributed by atoms with Gasteiger partial charge in [-0.1, -0.05) is 25.1 Å². The molecule has 0 aliphatic heterocycles. The summed E-state index contributed by atoms with van der Waals surface area (Å²) in [6.45, 7) is 2.83. The summed E-state index contributed by atoms with van der Waals surface area (Å²) in [6, 6.07) is 0. The average Bonchev–Trinajstić information content (AvgIpc) is 2.61. The number of nitrogens with zero attached hydrogens (tertiary/aromatic N) is 4. The van der Waals surface area contributed by atoms with Crippen molar-refractivity contribution >= 4 is 17.7 Å². The van der Waals surface area contributed by atoms with E-state index in [1.807, 2.05) is 0 Å². The molecule has 1 aromatic rings. The average molecular weight is 229 g/mol. The van der Waals surface area contributed by atoms with E-state index in [0.717, 1.165) is 19.4 Å². The molecule has 0 spiro atoms. The molecule has 84 valence electrons. The summed E-state index contributed by atoms with van der Waals surface area (Å²) in [6.07, 6.45) is 2.10. The quantitative estimate of drug-likeness (QED) is 0.558. The summed E-state index contributed by atoms with van der Waals surface area (Å²) in [5.74, 6) is 0.384. The van der Waals surface area contributed by atoms with Crippen LogP contribution in [-0.2, 0) is 11.8 Å². The van der Waals surface area contributed by atoms with Gasteiger partial charge in [-0.25, -0.2) is 4.68 Å². The van der Waals surface area contributed by atoms with Gasteiger partial charge >= 0.3 is 0 Å². The summed E-state index contributed by atoms with van der Waals surface area (Å²) in [4.78, 5) is 11.3. The van der Waals surface area contributed by atoms with E-state index in [9.17, 15) is 4.79 Å². The van der Waals surface area contributed by atoms with E-state index in [4.69, 9.17) is 0 Å². The number of amides is 1. The number of unbranched alkanes of at least 4 members (excludes halogenated alkanes) is 1. The monoisotopic (exact) mass is 229 g/mol. The van der Waals surface area contributed by atoms with Gasteiger partial charge in [0.05, 0.1) is 5.75 Å². The minimum absolute atomic E-state index is 0.0245. The fraction of sp³-hybridized carbons (Fsp3) is 0.750. The number of hydrogen-bond acceptors (Lipinski definition) is 5. The maximum atomic E-state index is 11.3. The third-order valence-electron chi connectivity index (χ3n) is 1.77. The van der Waals surface area contributed by atoms with Crippen LogP contribution in [0, 0.1) is 0 Å². The van der Waals surface area contributed by atoms with Crippen molar-refractivity contribution in [2.24, 2.45) is 7.05 Å². The van der Waals surface area contributed by atoms with Crippen molar-refractivity contribution < 1.29 is 4.79 Å². The fourth-order valence-corrected chi connectivity index (χ4v) is 1.61. The first-order valence-corrected chi connectivity index (χ1v) is 5.84. The van der Waals surface area contributed by atoms with Crippen LogP contribution < -0.4 is 5.32 Å². The van der Waals surface area contributed by atoms with Crippen LogP contribution in [0.1, 0.15) is 19.8 Å². The molecule has 1 amide bonds. The van der Waals surface area contributed by atoms with Crippen LogP contribution in [0.2, 0.25) is 0 Å². The second-order valence-electron chi connectivity index (χ2n) is 3.08. The van der Waals surface area contributed by atoms with Crippen LogP contribution in [-0.4, -0.2) is 38.4 Å². The molecule has 15 heavy (non-hydrogen) atoms. The van der Waals surface area contributed by atoms with Crippen molar-refractivity contribution in [2.45, 2.75) is 24.9 Å². The lowest BCUT2D eigenvalue weighted by molar-refractivity contribution is -0.118. The molecule has 0 saturated heterocycles. The highest BCUT2D eigenvalue weighted by Crippen LogP contribution is 2.11. The number of thioether (sulfide) groups is 1. The van der Waals surface area contributed by atoms with Crippen molar-refractivity contribution in [1.82, 2.24) is 25.5 Å². The van der Waals surface area contributed by atoms with Crippen LogP contribution in [0.15, 0.2) is 5.16 Å². The molecule has 1 N–H and O–H groups in total. The van der Waals surface area contributed by atoms with Gasteiger partial charge in [0, 0.05) is 13.6 Å². The number of carbonyl (C=O) groups excluding carboxylic acids is 1. The molecular formula is C8H15N5OS. The first-order chi connectivity index (χ1) is 7.24. The Kier molecular flexibility index (Phi) is 5.09. The summed E-state index contributed by atoms with van der Waals surface area (Å²) in [5, 5.41) is 14.4. The Balaban J connectivity index is 2.20. The zero-order valence-electron chi connectivity index (χ0n) is 8.93. The molecule has 1 heterocycles. The Morgan fingerprint density at radius 2 is 2.40 bits per heavy atom. The maximum absolute atomic E-state index is 11.3. The molecule has 0 aliphatic rings. The first kappa shape index (κ1) is 12.0. The highest BCUT2D eigenvalue weighted by atomic mass is 32.2.